The predicted octanol–water partition coefficient (Wildman–Crippen LogP) is 2.93. The van der Waals surface area contributed by atoms with Gasteiger partial charge in [0.25, 0.3) is 0 Å². The molecule has 0 amide bonds. The number of nitrogens with one attached hydrogen (secondary N) is 2. The van der Waals surface area contributed by atoms with Crippen LogP contribution in [0.25, 0.3) is 11.0 Å². The van der Waals surface area contributed by atoms with E-state index >= 15 is 0 Å². The molecule has 0 aliphatic rings. The van der Waals surface area contributed by atoms with Crippen LogP contribution in [0, 0.1) is 5.82 Å². The number of hydrogen-bond donors (Lipinski definition) is 2. The number of H-pyrrole nitrogens is 1. The number of ether oxygens (including phenoxy) is 1. The fourth-order valence-corrected chi connectivity index (χ4v) is 1.80. The van der Waals surface area contributed by atoms with E-state index in [0.717, 1.165) is 5.52 Å². The molecule has 18 heavy (non-hydrogen) atoms. The van der Waals surface area contributed by atoms with E-state index in [-0.39, 0.29) is 11.4 Å². The van der Waals surface area contributed by atoms with E-state index in [1.807, 2.05) is 20.8 Å². The van der Waals surface area contributed by atoms with Gasteiger partial charge in [0, 0.05) is 13.2 Å². The molecule has 1 heterocycles. The average Bonchev–Trinajstić information content (AvgIpc) is 2.68. The van der Waals surface area contributed by atoms with Gasteiger partial charge >= 0.3 is 0 Å². The Morgan fingerprint density at radius 3 is 2.94 bits per heavy atom. The summed E-state index contributed by atoms with van der Waals surface area (Å²) in [6, 6.07) is 4.48. The zero-order valence-corrected chi connectivity index (χ0v) is 10.9. The van der Waals surface area contributed by atoms with Crippen LogP contribution in [0.4, 0.5) is 10.3 Å². The van der Waals surface area contributed by atoms with Gasteiger partial charge in [-0.1, -0.05) is 0 Å². The van der Waals surface area contributed by atoms with E-state index < -0.39 is 0 Å². The van der Waals surface area contributed by atoms with Crippen LogP contribution >= 0.6 is 0 Å². The van der Waals surface area contributed by atoms with E-state index in [4.69, 9.17) is 4.74 Å². The van der Waals surface area contributed by atoms with Crippen LogP contribution in [0.15, 0.2) is 18.2 Å². The van der Waals surface area contributed by atoms with Crippen molar-refractivity contribution in [2.75, 3.05) is 18.5 Å². The molecule has 4 nitrogen and oxygen atoms in total. The highest BCUT2D eigenvalue weighted by molar-refractivity contribution is 5.77. The second kappa shape index (κ2) is 4.94. The number of imidazole rings is 1. The van der Waals surface area contributed by atoms with Gasteiger partial charge in [-0.25, -0.2) is 9.37 Å². The zero-order valence-electron chi connectivity index (χ0n) is 10.9. The van der Waals surface area contributed by atoms with E-state index in [1.165, 1.54) is 12.1 Å². The van der Waals surface area contributed by atoms with E-state index in [2.05, 4.69) is 15.3 Å². The van der Waals surface area contributed by atoms with Crippen molar-refractivity contribution in [1.82, 2.24) is 9.97 Å². The molecular formula is C13H18FN3O. The minimum absolute atomic E-state index is 0.265. The summed E-state index contributed by atoms with van der Waals surface area (Å²) in [7, 11) is 0. The van der Waals surface area contributed by atoms with Gasteiger partial charge in [-0.3, -0.25) is 0 Å². The Morgan fingerprint density at radius 1 is 1.44 bits per heavy atom. The maximum absolute atomic E-state index is 13.0. The summed E-state index contributed by atoms with van der Waals surface area (Å²) in [6.45, 7) is 7.27. The number of halogens is 1. The highest BCUT2D eigenvalue weighted by atomic mass is 19.1. The lowest BCUT2D eigenvalue weighted by atomic mass is 10.1. The van der Waals surface area contributed by atoms with Crippen molar-refractivity contribution in [3.63, 3.8) is 0 Å². The highest BCUT2D eigenvalue weighted by Gasteiger charge is 2.17. The molecule has 5 heteroatoms. The molecule has 2 N–H and O–H groups in total. The summed E-state index contributed by atoms with van der Waals surface area (Å²) in [5, 5.41) is 3.16. The van der Waals surface area contributed by atoms with Crippen molar-refractivity contribution in [2.24, 2.45) is 0 Å². The number of aromatic amines is 1. The molecule has 0 saturated carbocycles. The summed E-state index contributed by atoms with van der Waals surface area (Å²) in [6.07, 6.45) is 0. The zero-order chi connectivity index (χ0) is 13.2. The Hall–Kier alpha value is -1.62. The first-order valence-electron chi connectivity index (χ1n) is 6.03. The van der Waals surface area contributed by atoms with Gasteiger partial charge in [-0.2, -0.15) is 0 Å². The van der Waals surface area contributed by atoms with Crippen LogP contribution < -0.4 is 5.32 Å². The summed E-state index contributed by atoms with van der Waals surface area (Å²) < 4.78 is 18.6. The van der Waals surface area contributed by atoms with Crippen molar-refractivity contribution < 1.29 is 9.13 Å². The summed E-state index contributed by atoms with van der Waals surface area (Å²) in [4.78, 5) is 7.36. The molecule has 1 aromatic carbocycles. The molecular weight excluding hydrogens is 233 g/mol. The molecule has 0 radical (unpaired) electrons. The fraction of sp³-hybridized carbons (Fsp3) is 0.462. The van der Waals surface area contributed by atoms with Gasteiger partial charge in [0.05, 0.1) is 16.6 Å². The first kappa shape index (κ1) is 12.8. The molecule has 1 aromatic heterocycles. The van der Waals surface area contributed by atoms with Crippen LogP contribution in [0.1, 0.15) is 20.8 Å². The second-order valence-corrected chi connectivity index (χ2v) is 4.79. The summed E-state index contributed by atoms with van der Waals surface area (Å²) in [5.41, 5.74) is 1.17. The molecule has 98 valence electrons. The third kappa shape index (κ3) is 2.98. The summed E-state index contributed by atoms with van der Waals surface area (Å²) in [5.74, 6) is 0.357. The molecule has 0 aliphatic heterocycles. The quantitative estimate of drug-likeness (QED) is 0.859. The molecule has 0 atom stereocenters. The van der Waals surface area contributed by atoms with Crippen molar-refractivity contribution in [3.05, 3.63) is 24.0 Å². The largest absolute Gasteiger partial charge is 0.374 e. The van der Waals surface area contributed by atoms with Gasteiger partial charge in [0.2, 0.25) is 5.95 Å². The molecule has 0 bridgehead atoms. The lowest BCUT2D eigenvalue weighted by Crippen LogP contribution is -2.33. The number of benzene rings is 1. The maximum Gasteiger partial charge on any atom is 0.201 e. The maximum atomic E-state index is 13.0. The number of fused-ring (bicyclic) bond motifs is 1. The Morgan fingerprint density at radius 2 is 2.22 bits per heavy atom. The van der Waals surface area contributed by atoms with Gasteiger partial charge in [0.1, 0.15) is 5.82 Å². The summed E-state index contributed by atoms with van der Waals surface area (Å²) >= 11 is 0. The Kier molecular flexibility index (Phi) is 3.52. The topological polar surface area (TPSA) is 49.9 Å². The smallest absolute Gasteiger partial charge is 0.201 e. The lowest BCUT2D eigenvalue weighted by Gasteiger charge is -2.24. The van der Waals surface area contributed by atoms with E-state index in [0.29, 0.717) is 24.6 Å². The molecule has 2 aromatic rings. The first-order chi connectivity index (χ1) is 8.50. The average molecular weight is 251 g/mol. The monoisotopic (exact) mass is 251 g/mol. The van der Waals surface area contributed by atoms with E-state index in [9.17, 15) is 4.39 Å². The van der Waals surface area contributed by atoms with Crippen LogP contribution in [0.5, 0.6) is 0 Å². The van der Waals surface area contributed by atoms with Gasteiger partial charge in [-0.15, -0.1) is 0 Å². The number of anilines is 1. The van der Waals surface area contributed by atoms with Crippen molar-refractivity contribution in [2.45, 2.75) is 26.4 Å². The van der Waals surface area contributed by atoms with Crippen LogP contribution in [0.3, 0.4) is 0 Å². The molecule has 0 spiro atoms. The van der Waals surface area contributed by atoms with Gasteiger partial charge in [-0.05, 0) is 39.0 Å². The van der Waals surface area contributed by atoms with Gasteiger partial charge in [0.15, 0.2) is 0 Å². The van der Waals surface area contributed by atoms with Crippen molar-refractivity contribution in [1.29, 1.82) is 0 Å². The minimum Gasteiger partial charge on any atom is -0.374 e. The third-order valence-corrected chi connectivity index (χ3v) is 2.66. The standard InChI is InChI=1S/C13H18FN3O/c1-4-18-13(2,3)8-15-12-16-10-6-5-9(14)7-11(10)17-12/h5-7H,4,8H2,1-3H3,(H2,15,16,17). The second-order valence-electron chi connectivity index (χ2n) is 4.79. The van der Waals surface area contributed by atoms with Crippen molar-refractivity contribution in [3.8, 4) is 0 Å². The number of hydrogen-bond acceptors (Lipinski definition) is 3. The van der Waals surface area contributed by atoms with Crippen molar-refractivity contribution >= 4 is 17.0 Å². The number of aromatic nitrogens is 2. The predicted molar refractivity (Wildman–Crippen MR) is 70.2 cm³/mol. The molecule has 2 rings (SSSR count). The lowest BCUT2D eigenvalue weighted by molar-refractivity contribution is 0.000595. The molecule has 0 saturated heterocycles. The van der Waals surface area contributed by atoms with Crippen LogP contribution in [-0.4, -0.2) is 28.7 Å². The van der Waals surface area contributed by atoms with E-state index in [1.54, 1.807) is 6.07 Å². The molecule has 0 aliphatic carbocycles. The van der Waals surface area contributed by atoms with Crippen LogP contribution in [-0.2, 0) is 4.74 Å². The number of rotatable bonds is 5. The fourth-order valence-electron chi connectivity index (χ4n) is 1.80. The third-order valence-electron chi connectivity index (χ3n) is 2.66. The highest BCUT2D eigenvalue weighted by Crippen LogP contribution is 2.16. The Bertz CT molecular complexity index is 536. The number of nitrogens with zero attached hydrogens (tertiary/aromatic N) is 1. The Labute approximate surface area is 106 Å². The SMILES string of the molecule is CCOC(C)(C)CNc1nc2ccc(F)cc2[nH]1. The molecule has 0 fully saturated rings. The first-order valence-corrected chi connectivity index (χ1v) is 6.03. The Balaban J connectivity index is 2.08. The molecule has 0 unspecified atom stereocenters. The normalized spacial score (nSPS) is 12.0. The minimum atomic E-state index is -0.271. The van der Waals surface area contributed by atoms with Gasteiger partial charge < -0.3 is 15.0 Å². The van der Waals surface area contributed by atoms with Crippen LogP contribution in [0.2, 0.25) is 0 Å².